The van der Waals surface area contributed by atoms with Crippen molar-refractivity contribution >= 4 is 17.8 Å². The molecule has 4 amide bonds. The maximum Gasteiger partial charge on any atom is 0.324 e. The summed E-state index contributed by atoms with van der Waals surface area (Å²) in [7, 11) is 0. The Bertz CT molecular complexity index is 980. The lowest BCUT2D eigenvalue weighted by Crippen LogP contribution is -2.54. The van der Waals surface area contributed by atoms with E-state index < -0.39 is 11.9 Å². The van der Waals surface area contributed by atoms with Gasteiger partial charge in [-0.25, -0.2) is 4.79 Å². The van der Waals surface area contributed by atoms with E-state index in [1.165, 1.54) is 32.1 Å². The number of benzene rings is 2. The van der Waals surface area contributed by atoms with E-state index >= 15 is 0 Å². The monoisotopic (exact) mass is 463 g/mol. The van der Waals surface area contributed by atoms with Crippen molar-refractivity contribution in [2.24, 2.45) is 5.92 Å². The van der Waals surface area contributed by atoms with Crippen LogP contribution in [0.1, 0.15) is 59.2 Å². The summed E-state index contributed by atoms with van der Waals surface area (Å²) in [5, 5.41) is 2.42. The Morgan fingerprint density at radius 2 is 1.50 bits per heavy atom. The van der Waals surface area contributed by atoms with Crippen LogP contribution in [0.3, 0.4) is 0 Å². The van der Waals surface area contributed by atoms with Crippen LogP contribution in [0.5, 0.6) is 5.75 Å². The second kappa shape index (κ2) is 11.7. The van der Waals surface area contributed by atoms with Gasteiger partial charge in [0.05, 0.1) is 6.61 Å². The van der Waals surface area contributed by atoms with Crippen LogP contribution in [-0.2, 0) is 0 Å². The van der Waals surface area contributed by atoms with Crippen LogP contribution < -0.4 is 10.1 Å². The van der Waals surface area contributed by atoms with Gasteiger partial charge in [-0.15, -0.1) is 0 Å². The molecule has 0 atom stereocenters. The normalized spacial score (nSPS) is 16.7. The number of amides is 4. The predicted molar refractivity (Wildman–Crippen MR) is 130 cm³/mol. The number of nitrogens with zero attached hydrogens (tertiary/aromatic N) is 2. The Kier molecular flexibility index (Phi) is 8.17. The highest BCUT2D eigenvalue weighted by Crippen LogP contribution is 2.26. The molecule has 2 aliphatic rings. The summed E-state index contributed by atoms with van der Waals surface area (Å²) in [4.78, 5) is 41.0. The van der Waals surface area contributed by atoms with Gasteiger partial charge in [0.15, 0.2) is 0 Å². The first-order chi connectivity index (χ1) is 16.6. The molecule has 2 fully saturated rings. The highest BCUT2D eigenvalue weighted by molar-refractivity contribution is 6.04. The molecule has 7 nitrogen and oxygen atoms in total. The summed E-state index contributed by atoms with van der Waals surface area (Å²) in [5.41, 5.74) is 1.03. The van der Waals surface area contributed by atoms with E-state index in [9.17, 15) is 14.4 Å². The van der Waals surface area contributed by atoms with Crippen molar-refractivity contribution in [1.29, 1.82) is 0 Å². The molecular weight excluding hydrogens is 430 g/mol. The summed E-state index contributed by atoms with van der Waals surface area (Å²) in [6, 6.07) is 15.5. The lowest BCUT2D eigenvalue weighted by Gasteiger charge is -2.34. The van der Waals surface area contributed by atoms with Crippen LogP contribution in [0.4, 0.5) is 4.79 Å². The molecule has 1 saturated heterocycles. The van der Waals surface area contributed by atoms with Crippen molar-refractivity contribution in [2.75, 3.05) is 32.8 Å². The quantitative estimate of drug-likeness (QED) is 0.691. The molecule has 4 rings (SSSR count). The van der Waals surface area contributed by atoms with Crippen LogP contribution in [-0.4, -0.2) is 60.4 Å². The molecule has 1 aliphatic carbocycles. The third kappa shape index (κ3) is 6.37. The number of hydrogen-bond donors (Lipinski definition) is 1. The molecule has 0 aromatic heterocycles. The van der Waals surface area contributed by atoms with Crippen LogP contribution in [0.2, 0.25) is 0 Å². The number of rotatable bonds is 6. The number of nitrogens with one attached hydrogen (secondary N) is 1. The molecule has 0 unspecified atom stereocenters. The van der Waals surface area contributed by atoms with E-state index in [4.69, 9.17) is 4.74 Å². The third-order valence-corrected chi connectivity index (χ3v) is 6.71. The SMILES string of the molecule is O=C(NC(=O)N1CCN(C(=O)c2cccc(OCCC3CCCCC3)c2)CC1)c1ccccc1. The first-order valence-corrected chi connectivity index (χ1v) is 12.3. The van der Waals surface area contributed by atoms with Gasteiger partial charge in [0.25, 0.3) is 11.8 Å². The number of hydrogen-bond acceptors (Lipinski definition) is 4. The lowest BCUT2D eigenvalue weighted by molar-refractivity contribution is 0.0659. The summed E-state index contributed by atoms with van der Waals surface area (Å²) in [5.74, 6) is 0.983. The van der Waals surface area contributed by atoms with Gasteiger partial charge in [-0.3, -0.25) is 14.9 Å². The Labute approximate surface area is 201 Å². The van der Waals surface area contributed by atoms with E-state index in [0.717, 1.165) is 18.1 Å². The van der Waals surface area contributed by atoms with Crippen molar-refractivity contribution in [1.82, 2.24) is 15.1 Å². The maximum absolute atomic E-state index is 13.0. The second-order valence-electron chi connectivity index (χ2n) is 9.07. The topological polar surface area (TPSA) is 79.0 Å². The van der Waals surface area contributed by atoms with E-state index in [1.807, 2.05) is 18.2 Å². The summed E-state index contributed by atoms with van der Waals surface area (Å²) in [6.45, 7) is 2.25. The average Bonchev–Trinajstić information content (AvgIpc) is 2.89. The first kappa shape index (κ1) is 23.8. The molecule has 7 heteroatoms. The summed E-state index contributed by atoms with van der Waals surface area (Å²) in [6.07, 6.45) is 7.67. The largest absolute Gasteiger partial charge is 0.494 e. The lowest BCUT2D eigenvalue weighted by atomic mass is 9.87. The van der Waals surface area contributed by atoms with Gasteiger partial charge in [0.1, 0.15) is 5.75 Å². The predicted octanol–water partition coefficient (Wildman–Crippen LogP) is 4.34. The zero-order valence-electron chi connectivity index (χ0n) is 19.6. The number of imide groups is 1. The molecule has 1 aliphatic heterocycles. The molecule has 2 aromatic rings. The standard InChI is InChI=1S/C27H33N3O4/c31-25(22-10-5-2-6-11-22)28-27(33)30-17-15-29(16-18-30)26(32)23-12-7-13-24(20-23)34-19-14-21-8-3-1-4-9-21/h2,5-7,10-13,20-21H,1,3-4,8-9,14-19H2,(H,28,31,33). The van der Waals surface area contributed by atoms with Gasteiger partial charge in [0.2, 0.25) is 0 Å². The fourth-order valence-electron chi connectivity index (χ4n) is 4.67. The second-order valence-corrected chi connectivity index (χ2v) is 9.07. The fraction of sp³-hybridized carbons (Fsp3) is 0.444. The minimum Gasteiger partial charge on any atom is -0.494 e. The third-order valence-electron chi connectivity index (χ3n) is 6.71. The smallest absolute Gasteiger partial charge is 0.324 e. The molecule has 1 N–H and O–H groups in total. The molecule has 1 heterocycles. The van der Waals surface area contributed by atoms with E-state index in [-0.39, 0.29) is 5.91 Å². The van der Waals surface area contributed by atoms with Gasteiger partial charge in [-0.1, -0.05) is 56.4 Å². The number of urea groups is 1. The number of piperazine rings is 1. The average molecular weight is 464 g/mol. The van der Waals surface area contributed by atoms with Crippen LogP contribution in [0.15, 0.2) is 54.6 Å². The Morgan fingerprint density at radius 1 is 0.824 bits per heavy atom. The van der Waals surface area contributed by atoms with Crippen molar-refractivity contribution in [3.05, 3.63) is 65.7 Å². The van der Waals surface area contributed by atoms with Crippen molar-refractivity contribution in [3.8, 4) is 5.75 Å². The zero-order valence-corrected chi connectivity index (χ0v) is 19.6. The Morgan fingerprint density at radius 3 is 2.24 bits per heavy atom. The van der Waals surface area contributed by atoms with Gasteiger partial charge in [-0.05, 0) is 42.7 Å². The minimum atomic E-state index is -0.436. The Balaban J connectivity index is 1.24. The molecule has 180 valence electrons. The number of carbonyl (C=O) groups is 3. The van der Waals surface area contributed by atoms with Gasteiger partial charge in [-0.2, -0.15) is 0 Å². The molecule has 0 radical (unpaired) electrons. The fourth-order valence-corrected chi connectivity index (χ4v) is 4.67. The highest BCUT2D eigenvalue weighted by Gasteiger charge is 2.26. The number of carbonyl (C=O) groups excluding carboxylic acids is 3. The highest BCUT2D eigenvalue weighted by atomic mass is 16.5. The van der Waals surface area contributed by atoms with Crippen LogP contribution in [0.25, 0.3) is 0 Å². The van der Waals surface area contributed by atoms with Crippen molar-refractivity contribution < 1.29 is 19.1 Å². The van der Waals surface area contributed by atoms with Crippen molar-refractivity contribution in [2.45, 2.75) is 38.5 Å². The van der Waals surface area contributed by atoms with E-state index in [1.54, 1.807) is 46.2 Å². The molecule has 34 heavy (non-hydrogen) atoms. The maximum atomic E-state index is 13.0. The van der Waals surface area contributed by atoms with E-state index in [0.29, 0.717) is 43.9 Å². The van der Waals surface area contributed by atoms with Crippen LogP contribution >= 0.6 is 0 Å². The molecule has 1 saturated carbocycles. The van der Waals surface area contributed by atoms with Gasteiger partial charge < -0.3 is 14.5 Å². The number of ether oxygens (including phenoxy) is 1. The van der Waals surface area contributed by atoms with Crippen molar-refractivity contribution in [3.63, 3.8) is 0 Å². The molecule has 0 bridgehead atoms. The Hall–Kier alpha value is -3.35. The first-order valence-electron chi connectivity index (χ1n) is 12.3. The zero-order chi connectivity index (χ0) is 23.8. The molecular formula is C27H33N3O4. The molecule has 0 spiro atoms. The summed E-state index contributed by atoms with van der Waals surface area (Å²) < 4.78 is 5.95. The van der Waals surface area contributed by atoms with Gasteiger partial charge >= 0.3 is 6.03 Å². The van der Waals surface area contributed by atoms with Crippen LogP contribution in [0, 0.1) is 5.92 Å². The molecule has 2 aromatic carbocycles. The van der Waals surface area contributed by atoms with Gasteiger partial charge in [0, 0.05) is 37.3 Å². The van der Waals surface area contributed by atoms with E-state index in [2.05, 4.69) is 5.32 Å². The minimum absolute atomic E-state index is 0.0712. The summed E-state index contributed by atoms with van der Waals surface area (Å²) >= 11 is 0.